The van der Waals surface area contributed by atoms with Crippen molar-refractivity contribution < 1.29 is 18.1 Å². The first-order valence-corrected chi connectivity index (χ1v) is 5.72. The molecule has 15 heavy (non-hydrogen) atoms. The van der Waals surface area contributed by atoms with Crippen LogP contribution in [0.3, 0.4) is 0 Å². The summed E-state index contributed by atoms with van der Waals surface area (Å²) in [6, 6.07) is 6.14. The maximum absolute atomic E-state index is 11.9. The maximum atomic E-state index is 11.9. The Hall–Kier alpha value is -1.15. The van der Waals surface area contributed by atoms with Crippen molar-refractivity contribution in [2.24, 2.45) is 0 Å². The van der Waals surface area contributed by atoms with Crippen LogP contribution in [0.5, 0.6) is 0 Å². The molecule has 0 aromatic heterocycles. The third-order valence-electron chi connectivity index (χ3n) is 1.87. The Morgan fingerprint density at radius 1 is 1.20 bits per heavy atom. The van der Waals surface area contributed by atoms with E-state index in [4.69, 9.17) is 15.4 Å². The minimum atomic E-state index is -3.81. The molecule has 0 atom stereocenters. The average Bonchev–Trinajstić information content (AvgIpc) is 2.71. The summed E-state index contributed by atoms with van der Waals surface area (Å²) < 4.78 is 24.2. The summed E-state index contributed by atoms with van der Waals surface area (Å²) in [5.41, 5.74) is 5.72. The fourth-order valence-electron chi connectivity index (χ4n) is 1.20. The summed E-state index contributed by atoms with van der Waals surface area (Å²) in [7, 11) is -3.81. The molecule has 1 aromatic rings. The first-order chi connectivity index (χ1) is 7.12. The van der Waals surface area contributed by atoms with E-state index >= 15 is 0 Å². The number of benzene rings is 1. The lowest BCUT2D eigenvalue weighted by molar-refractivity contribution is -0.220. The average molecular weight is 230 g/mol. The van der Waals surface area contributed by atoms with Crippen molar-refractivity contribution in [1.29, 1.82) is 0 Å². The van der Waals surface area contributed by atoms with Gasteiger partial charge in [-0.3, -0.25) is 9.68 Å². The Morgan fingerprint density at radius 3 is 2.40 bits per heavy atom. The number of sulfonamides is 1. The molecule has 0 saturated carbocycles. The summed E-state index contributed by atoms with van der Waals surface area (Å²) in [6.45, 7) is 0.429. The molecule has 1 aliphatic rings. The van der Waals surface area contributed by atoms with Gasteiger partial charge in [-0.1, -0.05) is 12.1 Å². The summed E-state index contributed by atoms with van der Waals surface area (Å²) in [4.78, 5) is 9.57. The predicted octanol–water partition coefficient (Wildman–Crippen LogP) is 0.136. The molecule has 0 radical (unpaired) electrons. The van der Waals surface area contributed by atoms with Gasteiger partial charge in [0.25, 0.3) is 10.0 Å². The second-order valence-corrected chi connectivity index (χ2v) is 4.59. The lowest BCUT2D eigenvalue weighted by Crippen LogP contribution is -2.26. The van der Waals surface area contributed by atoms with E-state index in [1.54, 1.807) is 12.1 Å². The highest BCUT2D eigenvalue weighted by molar-refractivity contribution is 7.89. The molecule has 2 N–H and O–H groups in total. The highest BCUT2D eigenvalue weighted by Crippen LogP contribution is 2.23. The minimum Gasteiger partial charge on any atom is -0.398 e. The van der Waals surface area contributed by atoms with Crippen LogP contribution in [0.1, 0.15) is 0 Å². The van der Waals surface area contributed by atoms with Crippen LogP contribution >= 0.6 is 0 Å². The largest absolute Gasteiger partial charge is 0.398 e. The second-order valence-electron chi connectivity index (χ2n) is 2.90. The molecular weight excluding hydrogens is 220 g/mol. The smallest absolute Gasteiger partial charge is 0.290 e. The Bertz CT molecular complexity index is 453. The number of hydrogen-bond donors (Lipinski definition) is 1. The van der Waals surface area contributed by atoms with Gasteiger partial charge in [0.15, 0.2) is 0 Å². The molecule has 1 saturated heterocycles. The minimum absolute atomic E-state index is 0.0214. The van der Waals surface area contributed by atoms with E-state index in [9.17, 15) is 8.42 Å². The van der Waals surface area contributed by atoms with Gasteiger partial charge in [-0.05, 0) is 12.1 Å². The molecule has 1 heterocycles. The molecule has 0 unspecified atom stereocenters. The molecule has 82 valence electrons. The van der Waals surface area contributed by atoms with Crippen molar-refractivity contribution in [2.45, 2.75) is 4.90 Å². The van der Waals surface area contributed by atoms with Gasteiger partial charge in [0.1, 0.15) is 4.90 Å². The fraction of sp³-hybridized carbons (Fsp3) is 0.250. The van der Waals surface area contributed by atoms with Crippen LogP contribution in [0.4, 0.5) is 5.69 Å². The number of anilines is 1. The van der Waals surface area contributed by atoms with E-state index in [0.29, 0.717) is 4.63 Å². The van der Waals surface area contributed by atoms with E-state index in [1.807, 2.05) is 0 Å². The zero-order chi connectivity index (χ0) is 10.9. The Balaban J connectivity index is 2.41. The molecule has 1 aromatic carbocycles. The lowest BCUT2D eigenvalue weighted by Gasteiger charge is -2.13. The molecule has 7 heteroatoms. The van der Waals surface area contributed by atoms with Gasteiger partial charge in [-0.15, -0.1) is 0 Å². The van der Waals surface area contributed by atoms with E-state index in [0.717, 1.165) is 0 Å². The Morgan fingerprint density at radius 2 is 1.80 bits per heavy atom. The quantitative estimate of drug-likeness (QED) is 0.730. The number of nitrogen functional groups attached to an aromatic ring is 1. The Labute approximate surface area is 87.2 Å². The van der Waals surface area contributed by atoms with Gasteiger partial charge >= 0.3 is 0 Å². The van der Waals surface area contributed by atoms with Crippen LogP contribution in [0.25, 0.3) is 0 Å². The highest BCUT2D eigenvalue weighted by Gasteiger charge is 2.31. The van der Waals surface area contributed by atoms with Gasteiger partial charge < -0.3 is 5.73 Å². The highest BCUT2D eigenvalue weighted by atomic mass is 32.2. The van der Waals surface area contributed by atoms with Gasteiger partial charge in [0, 0.05) is 0 Å². The first-order valence-electron chi connectivity index (χ1n) is 4.28. The van der Waals surface area contributed by atoms with Crippen LogP contribution in [-0.2, 0) is 19.7 Å². The van der Waals surface area contributed by atoms with Crippen molar-refractivity contribution in [3.05, 3.63) is 24.3 Å². The van der Waals surface area contributed by atoms with Crippen molar-refractivity contribution in [2.75, 3.05) is 18.9 Å². The number of nitrogens with two attached hydrogens (primary N) is 1. The SMILES string of the molecule is Nc1ccccc1S(=O)(=O)N1OCCO1. The lowest BCUT2D eigenvalue weighted by atomic mass is 10.3. The summed E-state index contributed by atoms with van der Waals surface area (Å²) >= 11 is 0. The summed E-state index contributed by atoms with van der Waals surface area (Å²) in [5.74, 6) is 0. The molecule has 6 nitrogen and oxygen atoms in total. The third kappa shape index (κ3) is 1.82. The van der Waals surface area contributed by atoms with Crippen molar-refractivity contribution >= 4 is 15.7 Å². The van der Waals surface area contributed by atoms with Crippen molar-refractivity contribution in [3.63, 3.8) is 0 Å². The fourth-order valence-corrected chi connectivity index (χ4v) is 2.40. The van der Waals surface area contributed by atoms with E-state index in [1.165, 1.54) is 12.1 Å². The van der Waals surface area contributed by atoms with Gasteiger partial charge in [0.2, 0.25) is 0 Å². The molecule has 0 aliphatic carbocycles. The number of nitrogens with zero attached hydrogens (tertiary/aromatic N) is 1. The summed E-state index contributed by atoms with van der Waals surface area (Å²) in [5, 5.41) is 0. The molecule has 0 amide bonds. The molecule has 2 rings (SSSR count). The maximum Gasteiger partial charge on any atom is 0.290 e. The van der Waals surface area contributed by atoms with Crippen LogP contribution in [0, 0.1) is 0 Å². The topological polar surface area (TPSA) is 81.9 Å². The van der Waals surface area contributed by atoms with Crippen LogP contribution in [0.15, 0.2) is 29.2 Å². The zero-order valence-corrected chi connectivity index (χ0v) is 8.61. The van der Waals surface area contributed by atoms with E-state index in [2.05, 4.69) is 0 Å². The molecule has 1 aliphatic heterocycles. The zero-order valence-electron chi connectivity index (χ0n) is 7.79. The van der Waals surface area contributed by atoms with Gasteiger partial charge in [-0.25, -0.2) is 8.42 Å². The Kier molecular flexibility index (Phi) is 2.61. The van der Waals surface area contributed by atoms with Crippen molar-refractivity contribution in [3.8, 4) is 0 Å². The van der Waals surface area contributed by atoms with Crippen molar-refractivity contribution in [1.82, 2.24) is 4.63 Å². The first kappa shape index (κ1) is 10.4. The van der Waals surface area contributed by atoms with Gasteiger partial charge in [-0.2, -0.15) is 0 Å². The van der Waals surface area contributed by atoms with Gasteiger partial charge in [0.05, 0.1) is 23.5 Å². The molecule has 0 bridgehead atoms. The van der Waals surface area contributed by atoms with Crippen LogP contribution < -0.4 is 5.73 Å². The number of rotatable bonds is 2. The predicted molar refractivity (Wildman–Crippen MR) is 51.8 cm³/mol. The van der Waals surface area contributed by atoms with E-state index in [-0.39, 0.29) is 23.8 Å². The number of hydrogen-bond acceptors (Lipinski definition) is 5. The molecule has 1 fully saturated rings. The van der Waals surface area contributed by atoms with Crippen LogP contribution in [0.2, 0.25) is 0 Å². The van der Waals surface area contributed by atoms with E-state index < -0.39 is 10.0 Å². The van der Waals surface area contributed by atoms with Crippen LogP contribution in [-0.4, -0.2) is 26.3 Å². The molecule has 0 spiro atoms. The monoisotopic (exact) mass is 230 g/mol. The second kappa shape index (κ2) is 3.78. The third-order valence-corrected chi connectivity index (χ3v) is 3.40. The summed E-state index contributed by atoms with van der Waals surface area (Å²) in [6.07, 6.45) is 0. The number of para-hydroxylation sites is 1. The normalized spacial score (nSPS) is 18.1. The molecular formula is C8H10N2O4S. The standard InChI is InChI=1S/C8H10N2O4S/c9-7-3-1-2-4-8(7)15(11,12)10-13-5-6-14-10/h1-4H,5-6,9H2.